The Morgan fingerprint density at radius 3 is 2.62 bits per heavy atom. The van der Waals surface area contributed by atoms with Gasteiger partial charge in [-0.05, 0) is 61.9 Å². The Kier molecular flexibility index (Phi) is 4.60. The molecule has 3 aromatic rings. The molecule has 0 aliphatic carbocycles. The Morgan fingerprint density at radius 1 is 1.07 bits per heavy atom. The highest BCUT2D eigenvalue weighted by molar-refractivity contribution is 6.32. The van der Waals surface area contributed by atoms with Crippen LogP contribution in [0.4, 0.5) is 5.69 Å². The molecule has 0 fully saturated rings. The number of benzene rings is 2. The maximum Gasteiger partial charge on any atom is 0.335 e. The SMILES string of the molecule is CC1=NN(c2cccc(C)c2)C(=O)/C1=C\c1ccc(-c2cccc(C(=O)O)c2)o1. The van der Waals surface area contributed by atoms with Crippen molar-refractivity contribution in [3.63, 3.8) is 0 Å². The Morgan fingerprint density at radius 2 is 1.86 bits per heavy atom. The zero-order chi connectivity index (χ0) is 20.5. The number of rotatable bonds is 4. The van der Waals surface area contributed by atoms with E-state index in [2.05, 4.69) is 5.10 Å². The van der Waals surface area contributed by atoms with E-state index in [0.29, 0.717) is 34.1 Å². The second kappa shape index (κ2) is 7.24. The maximum atomic E-state index is 12.9. The van der Waals surface area contributed by atoms with E-state index in [4.69, 9.17) is 9.52 Å². The summed E-state index contributed by atoms with van der Waals surface area (Å²) in [4.78, 5) is 24.0. The number of hydrazone groups is 1. The number of hydrogen-bond donors (Lipinski definition) is 1. The van der Waals surface area contributed by atoms with Gasteiger partial charge in [0.2, 0.25) is 0 Å². The van der Waals surface area contributed by atoms with Crippen LogP contribution in [0, 0.1) is 6.92 Å². The molecule has 1 N–H and O–H groups in total. The minimum atomic E-state index is -1.000. The molecule has 0 saturated heterocycles. The minimum absolute atomic E-state index is 0.182. The van der Waals surface area contributed by atoms with E-state index < -0.39 is 5.97 Å². The molecule has 6 nitrogen and oxygen atoms in total. The van der Waals surface area contributed by atoms with E-state index in [1.165, 1.54) is 11.1 Å². The molecular weight excluding hydrogens is 368 g/mol. The van der Waals surface area contributed by atoms with Crippen LogP contribution in [-0.2, 0) is 4.79 Å². The molecule has 1 aliphatic heterocycles. The first-order valence-electron chi connectivity index (χ1n) is 9.04. The van der Waals surface area contributed by atoms with Gasteiger partial charge in [0.25, 0.3) is 5.91 Å². The van der Waals surface area contributed by atoms with Gasteiger partial charge in [0.05, 0.1) is 22.5 Å². The molecule has 1 aromatic heterocycles. The lowest BCUT2D eigenvalue weighted by atomic mass is 10.1. The summed E-state index contributed by atoms with van der Waals surface area (Å²) in [6.45, 7) is 3.74. The van der Waals surface area contributed by atoms with E-state index in [1.807, 2.05) is 31.2 Å². The van der Waals surface area contributed by atoms with Crippen LogP contribution in [0.1, 0.15) is 28.6 Å². The molecule has 0 radical (unpaired) electrons. The topological polar surface area (TPSA) is 83.1 Å². The van der Waals surface area contributed by atoms with E-state index >= 15 is 0 Å². The van der Waals surface area contributed by atoms with Crippen LogP contribution < -0.4 is 5.01 Å². The molecule has 6 heteroatoms. The minimum Gasteiger partial charge on any atom is -0.478 e. The third kappa shape index (κ3) is 3.60. The summed E-state index contributed by atoms with van der Waals surface area (Å²) in [5, 5.41) is 14.9. The van der Waals surface area contributed by atoms with Gasteiger partial charge in [0.1, 0.15) is 11.5 Å². The van der Waals surface area contributed by atoms with Crippen LogP contribution in [0.15, 0.2) is 75.8 Å². The number of furan rings is 1. The summed E-state index contributed by atoms with van der Waals surface area (Å²) in [6.07, 6.45) is 1.65. The van der Waals surface area contributed by atoms with Gasteiger partial charge in [0, 0.05) is 5.56 Å². The standard InChI is InChI=1S/C23H18N2O4/c1-14-5-3-8-18(11-14)25-22(26)20(15(2)24-25)13-19-9-10-21(29-19)16-6-4-7-17(12-16)23(27)28/h3-13H,1-2H3,(H,27,28)/b20-13-. The van der Waals surface area contributed by atoms with Crippen LogP contribution in [-0.4, -0.2) is 22.7 Å². The average molecular weight is 386 g/mol. The highest BCUT2D eigenvalue weighted by atomic mass is 16.4. The van der Waals surface area contributed by atoms with Crippen molar-refractivity contribution in [1.29, 1.82) is 0 Å². The van der Waals surface area contributed by atoms with Gasteiger partial charge in [-0.15, -0.1) is 0 Å². The molecule has 0 unspecified atom stereocenters. The fourth-order valence-corrected chi connectivity index (χ4v) is 3.15. The fourth-order valence-electron chi connectivity index (χ4n) is 3.15. The summed E-state index contributed by atoms with van der Waals surface area (Å²) in [5.74, 6) is -0.209. The van der Waals surface area contributed by atoms with Crippen molar-refractivity contribution in [2.75, 3.05) is 5.01 Å². The predicted octanol–water partition coefficient (Wildman–Crippen LogP) is 4.76. The summed E-state index contributed by atoms with van der Waals surface area (Å²) < 4.78 is 5.83. The highest BCUT2D eigenvalue weighted by Gasteiger charge is 2.29. The lowest BCUT2D eigenvalue weighted by Crippen LogP contribution is -2.21. The molecule has 2 aromatic carbocycles. The lowest BCUT2D eigenvalue weighted by molar-refractivity contribution is -0.114. The Bertz CT molecular complexity index is 1190. The second-order valence-electron chi connectivity index (χ2n) is 6.79. The van der Waals surface area contributed by atoms with E-state index in [1.54, 1.807) is 43.3 Å². The van der Waals surface area contributed by atoms with E-state index in [9.17, 15) is 9.59 Å². The second-order valence-corrected chi connectivity index (χ2v) is 6.79. The largest absolute Gasteiger partial charge is 0.478 e. The third-order valence-corrected chi connectivity index (χ3v) is 4.62. The molecule has 2 heterocycles. The van der Waals surface area contributed by atoms with Crippen LogP contribution in [0.3, 0.4) is 0 Å². The van der Waals surface area contributed by atoms with Gasteiger partial charge in [-0.3, -0.25) is 4.79 Å². The van der Waals surface area contributed by atoms with Crippen LogP contribution >= 0.6 is 0 Å². The van der Waals surface area contributed by atoms with Gasteiger partial charge in [-0.25, -0.2) is 4.79 Å². The highest BCUT2D eigenvalue weighted by Crippen LogP contribution is 2.28. The molecular formula is C23H18N2O4. The number of anilines is 1. The monoisotopic (exact) mass is 386 g/mol. The average Bonchev–Trinajstić information content (AvgIpc) is 3.28. The van der Waals surface area contributed by atoms with Crippen molar-refractivity contribution in [3.8, 4) is 11.3 Å². The van der Waals surface area contributed by atoms with Crippen molar-refractivity contribution < 1.29 is 19.1 Å². The number of aromatic carboxylic acids is 1. The number of carbonyl (C=O) groups is 2. The smallest absolute Gasteiger partial charge is 0.335 e. The first-order valence-corrected chi connectivity index (χ1v) is 9.04. The molecule has 1 amide bonds. The van der Waals surface area contributed by atoms with Crippen LogP contribution in [0.5, 0.6) is 0 Å². The number of aryl methyl sites for hydroxylation is 1. The van der Waals surface area contributed by atoms with Crippen LogP contribution in [0.2, 0.25) is 0 Å². The summed E-state index contributed by atoms with van der Waals surface area (Å²) in [5.41, 5.74) is 3.64. The molecule has 0 atom stereocenters. The van der Waals surface area contributed by atoms with Crippen molar-refractivity contribution in [3.05, 3.63) is 83.1 Å². The molecule has 0 spiro atoms. The van der Waals surface area contributed by atoms with Gasteiger partial charge in [-0.1, -0.05) is 24.3 Å². The number of hydrogen-bond acceptors (Lipinski definition) is 4. The van der Waals surface area contributed by atoms with Gasteiger partial charge < -0.3 is 9.52 Å². The normalized spacial score (nSPS) is 15.1. The third-order valence-electron chi connectivity index (χ3n) is 4.62. The van der Waals surface area contributed by atoms with Gasteiger partial charge in [0.15, 0.2) is 0 Å². The predicted molar refractivity (Wildman–Crippen MR) is 111 cm³/mol. The van der Waals surface area contributed by atoms with Crippen molar-refractivity contribution in [1.82, 2.24) is 0 Å². The summed E-state index contributed by atoms with van der Waals surface area (Å²) >= 11 is 0. The Labute approximate surface area is 167 Å². The van der Waals surface area contributed by atoms with E-state index in [0.717, 1.165) is 5.56 Å². The van der Waals surface area contributed by atoms with E-state index in [-0.39, 0.29) is 11.5 Å². The number of carboxylic acids is 1. The van der Waals surface area contributed by atoms with Crippen molar-refractivity contribution in [2.24, 2.45) is 5.10 Å². The zero-order valence-electron chi connectivity index (χ0n) is 15.9. The lowest BCUT2D eigenvalue weighted by Gasteiger charge is -2.12. The molecule has 1 aliphatic rings. The number of nitrogens with zero attached hydrogens (tertiary/aromatic N) is 2. The number of carboxylic acid groups (broad SMARTS) is 1. The van der Waals surface area contributed by atoms with Gasteiger partial charge >= 0.3 is 5.97 Å². The molecule has 29 heavy (non-hydrogen) atoms. The molecule has 4 rings (SSSR count). The van der Waals surface area contributed by atoms with Gasteiger partial charge in [-0.2, -0.15) is 10.1 Å². The molecule has 144 valence electrons. The summed E-state index contributed by atoms with van der Waals surface area (Å²) in [6, 6.07) is 17.6. The quantitative estimate of drug-likeness (QED) is 0.656. The summed E-state index contributed by atoms with van der Waals surface area (Å²) in [7, 11) is 0. The Balaban J connectivity index is 1.62. The van der Waals surface area contributed by atoms with Crippen molar-refractivity contribution in [2.45, 2.75) is 13.8 Å². The maximum absolute atomic E-state index is 12.9. The first-order chi connectivity index (χ1) is 13.9. The molecule has 0 saturated carbocycles. The number of amides is 1. The Hall–Kier alpha value is -3.93. The first kappa shape index (κ1) is 18.4. The van der Waals surface area contributed by atoms with Crippen LogP contribution in [0.25, 0.3) is 17.4 Å². The number of carbonyl (C=O) groups excluding carboxylic acids is 1. The zero-order valence-corrected chi connectivity index (χ0v) is 15.9. The van der Waals surface area contributed by atoms with Crippen molar-refractivity contribution >= 4 is 29.4 Å². The molecule has 0 bridgehead atoms. The fraction of sp³-hybridized carbons (Fsp3) is 0.0870.